The third-order valence-electron chi connectivity index (χ3n) is 5.88. The fourth-order valence-corrected chi connectivity index (χ4v) is 4.26. The van der Waals surface area contributed by atoms with Gasteiger partial charge in [-0.2, -0.15) is 4.98 Å². The summed E-state index contributed by atoms with van der Waals surface area (Å²) in [7, 11) is 2.14. The third-order valence-corrected chi connectivity index (χ3v) is 6.15. The molecule has 1 aromatic carbocycles. The van der Waals surface area contributed by atoms with Crippen LogP contribution in [0.2, 0.25) is 5.02 Å². The number of anilines is 3. The number of nitrogens with two attached hydrogens (primary N) is 1. The summed E-state index contributed by atoms with van der Waals surface area (Å²) in [6, 6.07) is 7.88. The predicted molar refractivity (Wildman–Crippen MR) is 120 cm³/mol. The van der Waals surface area contributed by atoms with Gasteiger partial charge in [0.2, 0.25) is 5.95 Å². The van der Waals surface area contributed by atoms with E-state index in [1.807, 2.05) is 24.3 Å². The van der Waals surface area contributed by atoms with Crippen LogP contribution in [0.25, 0.3) is 0 Å². The Morgan fingerprint density at radius 2 is 1.83 bits per heavy atom. The van der Waals surface area contributed by atoms with Gasteiger partial charge in [-0.15, -0.1) is 0 Å². The molecule has 0 unspecified atom stereocenters. The van der Waals surface area contributed by atoms with Gasteiger partial charge in [-0.25, -0.2) is 4.98 Å². The molecule has 1 saturated heterocycles. The Bertz CT molecular complexity index is 877. The molecule has 1 saturated carbocycles. The van der Waals surface area contributed by atoms with Gasteiger partial charge in [0.25, 0.3) is 5.91 Å². The minimum atomic E-state index is -0.194. The molecule has 0 atom stereocenters. The van der Waals surface area contributed by atoms with E-state index in [4.69, 9.17) is 17.3 Å². The molecule has 8 nitrogen and oxygen atoms in total. The van der Waals surface area contributed by atoms with Gasteiger partial charge in [0.15, 0.2) is 5.82 Å². The van der Waals surface area contributed by atoms with E-state index in [0.29, 0.717) is 16.4 Å². The Labute approximate surface area is 182 Å². The molecule has 1 amide bonds. The number of nitrogens with one attached hydrogen (secondary N) is 1. The Morgan fingerprint density at radius 3 is 2.50 bits per heavy atom. The van der Waals surface area contributed by atoms with Crippen LogP contribution >= 0.6 is 11.6 Å². The number of carbonyl (C=O) groups is 1. The molecular formula is C21H28ClN7O. The summed E-state index contributed by atoms with van der Waals surface area (Å²) in [4.78, 5) is 25.9. The maximum Gasteiger partial charge on any atom is 0.269 e. The summed E-state index contributed by atoms with van der Waals surface area (Å²) >= 11 is 6.33. The summed E-state index contributed by atoms with van der Waals surface area (Å²) in [5.41, 5.74) is 10.5. The van der Waals surface area contributed by atoms with Crippen molar-refractivity contribution in [2.24, 2.45) is 0 Å². The molecule has 30 heavy (non-hydrogen) atoms. The van der Waals surface area contributed by atoms with Crippen molar-refractivity contribution in [3.05, 3.63) is 41.0 Å². The number of hydrogen-bond donors (Lipinski definition) is 2. The first-order chi connectivity index (χ1) is 14.5. The number of rotatable bonds is 5. The van der Waals surface area contributed by atoms with Crippen molar-refractivity contribution in [2.75, 3.05) is 48.9 Å². The normalized spacial score (nSPS) is 17.9. The van der Waals surface area contributed by atoms with Crippen LogP contribution in [-0.4, -0.2) is 60.0 Å². The highest BCUT2D eigenvalue weighted by Gasteiger charge is 2.28. The minimum absolute atomic E-state index is 0.128. The van der Waals surface area contributed by atoms with Crippen molar-refractivity contribution in [1.29, 1.82) is 0 Å². The van der Waals surface area contributed by atoms with Crippen LogP contribution in [0.5, 0.6) is 0 Å². The number of piperazine rings is 1. The van der Waals surface area contributed by atoms with Crippen molar-refractivity contribution < 1.29 is 4.79 Å². The van der Waals surface area contributed by atoms with E-state index < -0.39 is 0 Å². The van der Waals surface area contributed by atoms with Gasteiger partial charge in [0.1, 0.15) is 5.02 Å². The van der Waals surface area contributed by atoms with Gasteiger partial charge in [-0.3, -0.25) is 15.2 Å². The largest absolute Gasteiger partial charge is 0.369 e. The quantitative estimate of drug-likeness (QED) is 0.706. The second-order valence-electron chi connectivity index (χ2n) is 7.99. The molecule has 4 rings (SSSR count). The standard InChI is InChI=1S/C21H28ClN7O/c1-27-10-12-28(13-11-27)16-8-6-15(7-9-16)20(30)26-29(17-4-2-3-5-17)19-18(22)14-24-21(23)25-19/h6-9,14,17H,2-5,10-13H2,1H3,(H,26,30)(H2,23,24,25). The van der Waals surface area contributed by atoms with Crippen molar-refractivity contribution >= 4 is 35.0 Å². The van der Waals surface area contributed by atoms with Gasteiger partial charge in [0.05, 0.1) is 12.2 Å². The molecule has 2 fully saturated rings. The van der Waals surface area contributed by atoms with Crippen LogP contribution in [0, 0.1) is 0 Å². The lowest BCUT2D eigenvalue weighted by molar-refractivity contribution is 0.0944. The van der Waals surface area contributed by atoms with Crippen molar-refractivity contribution in [1.82, 2.24) is 20.3 Å². The molecule has 160 valence electrons. The zero-order chi connectivity index (χ0) is 21.1. The van der Waals surface area contributed by atoms with Crippen LogP contribution in [-0.2, 0) is 0 Å². The summed E-state index contributed by atoms with van der Waals surface area (Å²) < 4.78 is 0. The molecule has 3 N–H and O–H groups in total. The minimum Gasteiger partial charge on any atom is -0.369 e. The Hall–Kier alpha value is -2.58. The molecule has 2 aliphatic rings. The molecule has 0 bridgehead atoms. The van der Waals surface area contributed by atoms with E-state index in [2.05, 4.69) is 32.2 Å². The fourth-order valence-electron chi connectivity index (χ4n) is 4.08. The van der Waals surface area contributed by atoms with Gasteiger partial charge >= 0.3 is 0 Å². The second kappa shape index (κ2) is 9.06. The van der Waals surface area contributed by atoms with Gasteiger partial charge in [0, 0.05) is 37.4 Å². The lowest BCUT2D eigenvalue weighted by Crippen LogP contribution is -2.48. The van der Waals surface area contributed by atoms with Crippen molar-refractivity contribution in [3.63, 3.8) is 0 Å². The van der Waals surface area contributed by atoms with Gasteiger partial charge in [-0.05, 0) is 44.2 Å². The molecule has 0 spiro atoms. The highest BCUT2D eigenvalue weighted by atomic mass is 35.5. The zero-order valence-corrected chi connectivity index (χ0v) is 18.0. The SMILES string of the molecule is CN1CCN(c2ccc(C(=O)NN(c3nc(N)ncc3Cl)C3CCCC3)cc2)CC1. The zero-order valence-electron chi connectivity index (χ0n) is 17.2. The molecule has 1 aromatic heterocycles. The number of carbonyl (C=O) groups excluding carboxylic acids is 1. The average molecular weight is 430 g/mol. The molecule has 1 aliphatic carbocycles. The first kappa shape index (κ1) is 20.7. The number of likely N-dealkylation sites (N-methyl/N-ethyl adjacent to an activating group) is 1. The number of benzene rings is 1. The van der Waals surface area contributed by atoms with E-state index in [1.54, 1.807) is 5.01 Å². The molecule has 9 heteroatoms. The highest BCUT2D eigenvalue weighted by Crippen LogP contribution is 2.30. The fraction of sp³-hybridized carbons (Fsp3) is 0.476. The molecule has 1 aliphatic heterocycles. The second-order valence-corrected chi connectivity index (χ2v) is 8.39. The number of nitrogens with zero attached hydrogens (tertiary/aromatic N) is 5. The van der Waals surface area contributed by atoms with Crippen LogP contribution < -0.4 is 21.1 Å². The number of aromatic nitrogens is 2. The smallest absolute Gasteiger partial charge is 0.269 e. The maximum atomic E-state index is 13.0. The topological polar surface area (TPSA) is 90.6 Å². The Balaban J connectivity index is 1.50. The van der Waals surface area contributed by atoms with E-state index in [-0.39, 0.29) is 17.9 Å². The average Bonchev–Trinajstić information content (AvgIpc) is 3.29. The third kappa shape index (κ3) is 4.60. The first-order valence-corrected chi connectivity index (χ1v) is 10.8. The number of amides is 1. The first-order valence-electron chi connectivity index (χ1n) is 10.4. The van der Waals surface area contributed by atoms with Crippen LogP contribution in [0.15, 0.2) is 30.5 Å². The maximum absolute atomic E-state index is 13.0. The molecule has 0 radical (unpaired) electrons. The van der Waals surface area contributed by atoms with E-state index in [0.717, 1.165) is 57.5 Å². The lowest BCUT2D eigenvalue weighted by Gasteiger charge is -2.34. The van der Waals surface area contributed by atoms with Crippen LogP contribution in [0.4, 0.5) is 17.5 Å². The number of nitrogen functional groups attached to an aromatic ring is 1. The lowest BCUT2D eigenvalue weighted by atomic mass is 10.1. The van der Waals surface area contributed by atoms with Crippen molar-refractivity contribution in [2.45, 2.75) is 31.7 Å². The van der Waals surface area contributed by atoms with E-state index in [1.165, 1.54) is 6.20 Å². The molecule has 2 heterocycles. The number of hydrazine groups is 1. The summed E-state index contributed by atoms with van der Waals surface area (Å²) in [5, 5.41) is 2.13. The monoisotopic (exact) mass is 429 g/mol. The molecule has 2 aromatic rings. The summed E-state index contributed by atoms with van der Waals surface area (Å²) in [6.45, 7) is 4.07. The van der Waals surface area contributed by atoms with Crippen molar-refractivity contribution in [3.8, 4) is 0 Å². The summed E-state index contributed by atoms with van der Waals surface area (Å²) in [6.07, 6.45) is 5.60. The Morgan fingerprint density at radius 1 is 1.17 bits per heavy atom. The van der Waals surface area contributed by atoms with E-state index in [9.17, 15) is 4.79 Å². The summed E-state index contributed by atoms with van der Waals surface area (Å²) in [5.74, 6) is 0.377. The van der Waals surface area contributed by atoms with Gasteiger partial charge in [-0.1, -0.05) is 24.4 Å². The predicted octanol–water partition coefficient (Wildman–Crippen LogP) is 2.56. The Kier molecular flexibility index (Phi) is 6.24. The highest BCUT2D eigenvalue weighted by molar-refractivity contribution is 6.32. The number of hydrogen-bond acceptors (Lipinski definition) is 7. The number of halogens is 1. The van der Waals surface area contributed by atoms with Crippen LogP contribution in [0.1, 0.15) is 36.0 Å². The van der Waals surface area contributed by atoms with Gasteiger partial charge < -0.3 is 15.5 Å². The van der Waals surface area contributed by atoms with Crippen LogP contribution in [0.3, 0.4) is 0 Å². The van der Waals surface area contributed by atoms with E-state index >= 15 is 0 Å². The molecular weight excluding hydrogens is 402 g/mol.